The van der Waals surface area contributed by atoms with Crippen LogP contribution in [-0.4, -0.2) is 11.0 Å². The van der Waals surface area contributed by atoms with Gasteiger partial charge in [0.1, 0.15) is 11.7 Å². The molecule has 4 nitrogen and oxygen atoms in total. The molecule has 5 heteroatoms. The fourth-order valence-electron chi connectivity index (χ4n) is 2.12. The number of rotatable bonds is 5. The van der Waals surface area contributed by atoms with E-state index in [4.69, 9.17) is 10.9 Å². The zero-order valence-corrected chi connectivity index (χ0v) is 11.8. The first-order valence-electron chi connectivity index (χ1n) is 6.64. The highest BCUT2D eigenvalue weighted by molar-refractivity contribution is 5.80. The first-order valence-corrected chi connectivity index (χ1v) is 6.64. The van der Waals surface area contributed by atoms with Gasteiger partial charge in [0.2, 0.25) is 0 Å². The van der Waals surface area contributed by atoms with E-state index in [1.165, 1.54) is 6.07 Å². The third-order valence-electron chi connectivity index (χ3n) is 3.24. The number of nitrogens with zero attached hydrogens (tertiary/aromatic N) is 1. The van der Waals surface area contributed by atoms with Gasteiger partial charge >= 0.3 is 0 Å². The average Bonchev–Trinajstić information content (AvgIpc) is 2.51. The van der Waals surface area contributed by atoms with Crippen LogP contribution >= 0.6 is 0 Å². The van der Waals surface area contributed by atoms with Crippen molar-refractivity contribution in [1.29, 1.82) is 0 Å². The molecule has 2 rings (SSSR count). The molecule has 0 radical (unpaired) electrons. The number of nitrogens with two attached hydrogens (primary N) is 1. The van der Waals surface area contributed by atoms with Crippen LogP contribution < -0.4 is 11.1 Å². The van der Waals surface area contributed by atoms with Gasteiger partial charge in [-0.25, -0.2) is 4.39 Å². The fraction of sp³-hybridized carbons (Fsp3) is 0.188. The van der Waals surface area contributed by atoms with Gasteiger partial charge in [0.15, 0.2) is 0 Å². The lowest BCUT2D eigenvalue weighted by Crippen LogP contribution is -2.21. The quantitative estimate of drug-likeness (QED) is 0.341. The van der Waals surface area contributed by atoms with E-state index in [0.29, 0.717) is 12.0 Å². The molecule has 1 unspecified atom stereocenters. The number of halogens is 1. The molecule has 21 heavy (non-hydrogen) atoms. The van der Waals surface area contributed by atoms with E-state index in [0.717, 1.165) is 11.3 Å². The van der Waals surface area contributed by atoms with E-state index in [1.807, 2.05) is 30.3 Å². The van der Waals surface area contributed by atoms with Gasteiger partial charge in [0.05, 0.1) is 6.04 Å². The molecule has 0 spiro atoms. The van der Waals surface area contributed by atoms with E-state index in [9.17, 15) is 4.39 Å². The predicted octanol–water partition coefficient (Wildman–Crippen LogP) is 3.42. The van der Waals surface area contributed by atoms with Crippen molar-refractivity contribution in [1.82, 2.24) is 0 Å². The van der Waals surface area contributed by atoms with E-state index in [-0.39, 0.29) is 17.7 Å². The largest absolute Gasteiger partial charge is 0.409 e. The number of hydrogen-bond donors (Lipinski definition) is 3. The second-order valence-electron chi connectivity index (χ2n) is 4.87. The van der Waals surface area contributed by atoms with Crippen molar-refractivity contribution in [2.75, 3.05) is 5.32 Å². The molecular formula is C16H18FN3O. The van der Waals surface area contributed by atoms with Gasteiger partial charge in [-0.3, -0.25) is 0 Å². The molecule has 1 atom stereocenters. The Morgan fingerprint density at radius 1 is 1.29 bits per heavy atom. The van der Waals surface area contributed by atoms with E-state index in [1.54, 1.807) is 19.1 Å². The maximum Gasteiger partial charge on any atom is 0.141 e. The topological polar surface area (TPSA) is 70.6 Å². The van der Waals surface area contributed by atoms with Gasteiger partial charge < -0.3 is 16.3 Å². The molecule has 0 bridgehead atoms. The lowest BCUT2D eigenvalue weighted by atomic mass is 10.0. The molecule has 0 aliphatic rings. The van der Waals surface area contributed by atoms with E-state index < -0.39 is 0 Å². The highest BCUT2D eigenvalue weighted by atomic mass is 19.1. The summed E-state index contributed by atoms with van der Waals surface area (Å²) in [5.74, 6) is -0.108. The van der Waals surface area contributed by atoms with Gasteiger partial charge in [-0.2, -0.15) is 0 Å². The predicted molar refractivity (Wildman–Crippen MR) is 82.0 cm³/mol. The Bertz CT molecular complexity index is 629. The molecule has 0 aliphatic carbocycles. The Hall–Kier alpha value is -2.56. The Morgan fingerprint density at radius 2 is 2.00 bits per heavy atom. The standard InChI is InChI=1S/C16H18FN3O/c1-11-9-13(7-8-14(11)17)19-15(10-16(18)20-21)12-5-3-2-4-6-12/h2-9,15,19,21H,10H2,1H3,(H2,18,20). The van der Waals surface area contributed by atoms with Crippen molar-refractivity contribution in [3.63, 3.8) is 0 Å². The number of amidine groups is 1. The summed E-state index contributed by atoms with van der Waals surface area (Å²) in [7, 11) is 0. The second kappa shape index (κ2) is 6.74. The summed E-state index contributed by atoms with van der Waals surface area (Å²) in [6.45, 7) is 1.71. The van der Waals surface area contributed by atoms with Crippen LogP contribution in [-0.2, 0) is 0 Å². The third-order valence-corrected chi connectivity index (χ3v) is 3.24. The van der Waals surface area contributed by atoms with Crippen LogP contribution in [0.4, 0.5) is 10.1 Å². The van der Waals surface area contributed by atoms with Crippen LogP contribution in [0.2, 0.25) is 0 Å². The van der Waals surface area contributed by atoms with Crippen molar-refractivity contribution in [2.24, 2.45) is 10.9 Å². The zero-order chi connectivity index (χ0) is 15.2. The first-order chi connectivity index (χ1) is 10.1. The van der Waals surface area contributed by atoms with Crippen LogP contribution in [0.15, 0.2) is 53.7 Å². The number of nitrogens with one attached hydrogen (secondary N) is 1. The summed E-state index contributed by atoms with van der Waals surface area (Å²) in [4.78, 5) is 0. The second-order valence-corrected chi connectivity index (χ2v) is 4.87. The van der Waals surface area contributed by atoms with Crippen molar-refractivity contribution >= 4 is 11.5 Å². The van der Waals surface area contributed by atoms with Crippen LogP contribution in [0.25, 0.3) is 0 Å². The van der Waals surface area contributed by atoms with Crippen LogP contribution in [0.5, 0.6) is 0 Å². The normalized spacial score (nSPS) is 13.0. The van der Waals surface area contributed by atoms with Crippen LogP contribution in [0.1, 0.15) is 23.6 Å². The summed E-state index contributed by atoms with van der Waals surface area (Å²) in [5, 5.41) is 15.1. The summed E-state index contributed by atoms with van der Waals surface area (Å²) in [6.07, 6.45) is 0.344. The SMILES string of the molecule is Cc1cc(NC(CC(N)=NO)c2ccccc2)ccc1F. The number of benzene rings is 2. The molecular weight excluding hydrogens is 269 g/mol. The lowest BCUT2D eigenvalue weighted by Gasteiger charge is -2.20. The highest BCUT2D eigenvalue weighted by Crippen LogP contribution is 2.24. The molecule has 0 amide bonds. The third kappa shape index (κ3) is 3.95. The Labute approximate surface area is 123 Å². The number of aryl methyl sites for hydroxylation is 1. The zero-order valence-electron chi connectivity index (χ0n) is 11.8. The molecule has 2 aromatic carbocycles. The number of hydrogen-bond acceptors (Lipinski definition) is 3. The number of oxime groups is 1. The highest BCUT2D eigenvalue weighted by Gasteiger charge is 2.14. The summed E-state index contributed by atoms with van der Waals surface area (Å²) < 4.78 is 13.3. The van der Waals surface area contributed by atoms with Crippen molar-refractivity contribution in [3.8, 4) is 0 Å². The van der Waals surface area contributed by atoms with Crippen molar-refractivity contribution < 1.29 is 9.60 Å². The fourth-order valence-corrected chi connectivity index (χ4v) is 2.12. The smallest absolute Gasteiger partial charge is 0.141 e. The average molecular weight is 287 g/mol. The first kappa shape index (κ1) is 14.8. The molecule has 0 fully saturated rings. The molecule has 0 saturated heterocycles. The maximum atomic E-state index is 13.3. The Kier molecular flexibility index (Phi) is 4.77. The van der Waals surface area contributed by atoms with Crippen LogP contribution in [0, 0.1) is 12.7 Å². The Morgan fingerprint density at radius 3 is 2.62 bits per heavy atom. The van der Waals surface area contributed by atoms with Crippen LogP contribution in [0.3, 0.4) is 0 Å². The van der Waals surface area contributed by atoms with Gasteiger partial charge in [0.25, 0.3) is 0 Å². The van der Waals surface area contributed by atoms with Gasteiger partial charge in [-0.15, -0.1) is 0 Å². The van der Waals surface area contributed by atoms with Gasteiger partial charge in [0, 0.05) is 12.1 Å². The summed E-state index contributed by atoms with van der Waals surface area (Å²) in [5.41, 5.74) is 7.98. The lowest BCUT2D eigenvalue weighted by molar-refractivity contribution is 0.316. The minimum atomic E-state index is -0.242. The molecule has 0 heterocycles. The summed E-state index contributed by atoms with van der Waals surface area (Å²) >= 11 is 0. The molecule has 0 aromatic heterocycles. The minimum Gasteiger partial charge on any atom is -0.409 e. The van der Waals surface area contributed by atoms with Crippen molar-refractivity contribution in [3.05, 3.63) is 65.5 Å². The number of anilines is 1. The molecule has 2 aromatic rings. The molecule has 4 N–H and O–H groups in total. The van der Waals surface area contributed by atoms with Gasteiger partial charge in [-0.05, 0) is 36.2 Å². The molecule has 0 aliphatic heterocycles. The van der Waals surface area contributed by atoms with E-state index >= 15 is 0 Å². The Balaban J connectivity index is 2.25. The summed E-state index contributed by atoms with van der Waals surface area (Å²) in [6, 6.07) is 14.3. The monoisotopic (exact) mass is 287 g/mol. The minimum absolute atomic E-state index is 0.134. The van der Waals surface area contributed by atoms with Crippen molar-refractivity contribution in [2.45, 2.75) is 19.4 Å². The van der Waals surface area contributed by atoms with E-state index in [2.05, 4.69) is 10.5 Å². The molecule has 110 valence electrons. The molecule has 0 saturated carbocycles. The maximum absolute atomic E-state index is 13.3. The van der Waals surface area contributed by atoms with Gasteiger partial charge in [-0.1, -0.05) is 35.5 Å².